The maximum absolute atomic E-state index is 12.1. The molecule has 0 aliphatic heterocycles. The summed E-state index contributed by atoms with van der Waals surface area (Å²) in [6.45, 7) is -5.13. The molecule has 0 spiro atoms. The van der Waals surface area contributed by atoms with Crippen LogP contribution in [0.4, 0.5) is 12.9 Å². The molecule has 0 aliphatic carbocycles. The van der Waals surface area contributed by atoms with Crippen molar-refractivity contribution in [1.82, 2.24) is 4.98 Å². The Kier molecular flexibility index (Phi) is 5.38. The van der Waals surface area contributed by atoms with E-state index in [9.17, 15) is 17.7 Å². The molecule has 1 rings (SSSR count). The van der Waals surface area contributed by atoms with Crippen LogP contribution in [0.3, 0.4) is 0 Å². The minimum absolute atomic E-state index is 0. The van der Waals surface area contributed by atoms with Crippen LogP contribution >= 0.6 is 0 Å². The van der Waals surface area contributed by atoms with Gasteiger partial charge in [0.25, 0.3) is 0 Å². The van der Waals surface area contributed by atoms with E-state index in [1.165, 1.54) is 0 Å². The molecule has 0 radical (unpaired) electrons. The quantitative estimate of drug-likeness (QED) is 0.418. The fourth-order valence-electron chi connectivity index (χ4n) is 0.798. The van der Waals surface area contributed by atoms with Crippen molar-refractivity contribution >= 4 is 18.7 Å². The van der Waals surface area contributed by atoms with Gasteiger partial charge in [-0.2, -0.15) is 0 Å². The Balaban J connectivity index is 0.00000144. The summed E-state index contributed by atoms with van der Waals surface area (Å²) in [6, 6.07) is 1.04. The van der Waals surface area contributed by atoms with Gasteiger partial charge in [0, 0.05) is 12.4 Å². The van der Waals surface area contributed by atoms with Gasteiger partial charge in [0.15, 0.2) is 0 Å². The van der Waals surface area contributed by atoms with E-state index in [-0.39, 0.29) is 63.2 Å². The Hall–Kier alpha value is 0.311. The Morgan fingerprint density at radius 1 is 1.38 bits per heavy atom. The van der Waals surface area contributed by atoms with Crippen LogP contribution < -0.4 is 56.8 Å². The number of nitrogens with zero attached hydrogens (tertiary/aromatic N) is 1. The van der Waals surface area contributed by atoms with E-state index in [1.807, 2.05) is 0 Å². The molecule has 7 heteroatoms. The van der Waals surface area contributed by atoms with E-state index in [2.05, 4.69) is 4.98 Å². The Labute approximate surface area is 115 Å². The Morgan fingerprint density at radius 2 is 2.00 bits per heavy atom. The molecule has 0 aliphatic rings. The summed E-state index contributed by atoms with van der Waals surface area (Å²) >= 11 is 0. The van der Waals surface area contributed by atoms with Crippen molar-refractivity contribution in [2.45, 2.75) is 0 Å². The first-order chi connectivity index (χ1) is 5.55. The van der Waals surface area contributed by atoms with Crippen molar-refractivity contribution < 1.29 is 69.1 Å². The molecule has 2 nitrogen and oxygen atoms in total. The van der Waals surface area contributed by atoms with Crippen molar-refractivity contribution in [3.63, 3.8) is 0 Å². The molecule has 0 saturated heterocycles. The number of pyridine rings is 1. The topological polar surface area (TPSA) is 30.0 Å². The van der Waals surface area contributed by atoms with Crippen LogP contribution in [0, 0.1) is 0 Å². The predicted molar refractivity (Wildman–Crippen MR) is 38.3 cm³/mol. The smallest absolute Gasteiger partial charge is 0.445 e. The monoisotopic (exact) mass is 213 g/mol. The van der Waals surface area contributed by atoms with Crippen LogP contribution in [0.25, 0.3) is 0 Å². The normalized spacial score (nSPS) is 10.4. The molecule has 1 heterocycles. The molecule has 0 unspecified atom stereocenters. The average molecular weight is 213 g/mol. The van der Waals surface area contributed by atoms with Gasteiger partial charge in [0.2, 0.25) is 0 Å². The van der Waals surface area contributed by atoms with Crippen LogP contribution in [0.2, 0.25) is 0 Å². The van der Waals surface area contributed by atoms with E-state index < -0.39 is 12.4 Å². The zero-order valence-electron chi connectivity index (χ0n) is 6.88. The van der Waals surface area contributed by atoms with Crippen molar-refractivity contribution in [2.24, 2.45) is 0 Å². The summed E-state index contributed by atoms with van der Waals surface area (Å²) < 4.78 is 36.3. The number of aromatic nitrogens is 1. The van der Waals surface area contributed by atoms with Gasteiger partial charge in [-0.15, -0.1) is 0 Å². The fourth-order valence-corrected chi connectivity index (χ4v) is 0.798. The number of carbonyl (C=O) groups is 1. The third-order valence-electron chi connectivity index (χ3n) is 1.37. The summed E-state index contributed by atoms with van der Waals surface area (Å²) in [5.74, 6) is 0. The van der Waals surface area contributed by atoms with Gasteiger partial charge in [-0.1, -0.05) is 5.46 Å². The van der Waals surface area contributed by atoms with Crippen LogP contribution in [-0.2, 0) is 0 Å². The number of rotatable bonds is 2. The first-order valence-electron chi connectivity index (χ1n) is 3.14. The maximum Gasteiger partial charge on any atom is 1.00 e. The van der Waals surface area contributed by atoms with E-state index in [4.69, 9.17) is 0 Å². The Morgan fingerprint density at radius 3 is 2.38 bits per heavy atom. The van der Waals surface area contributed by atoms with Crippen molar-refractivity contribution in [1.29, 1.82) is 0 Å². The average Bonchev–Trinajstić information content (AvgIpc) is 2.03. The SMILES string of the molecule is O=Cc1ccncc1[B-](F)(F)F.[K+]. The molecule has 0 fully saturated rings. The van der Waals surface area contributed by atoms with Gasteiger partial charge in [0.1, 0.15) is 6.29 Å². The molecule has 1 aromatic rings. The van der Waals surface area contributed by atoms with Gasteiger partial charge < -0.3 is 12.9 Å². The second kappa shape index (κ2) is 5.26. The summed E-state index contributed by atoms with van der Waals surface area (Å²) in [6.07, 6.45) is 1.98. The van der Waals surface area contributed by atoms with E-state index >= 15 is 0 Å². The zero-order chi connectivity index (χ0) is 9.19. The number of carbonyl (C=O) groups excluding carboxylic acids is 1. The minimum atomic E-state index is -5.13. The first-order valence-corrected chi connectivity index (χ1v) is 3.14. The largest absolute Gasteiger partial charge is 1.00 e. The standard InChI is InChI=1S/C6H4BF3NO.K/c8-7(9,10)6-3-11-2-1-5(6)4-12;/h1-4H;/q-1;+1. The molecule has 13 heavy (non-hydrogen) atoms. The molecule has 1 aromatic heterocycles. The fraction of sp³-hybridized carbons (Fsp3) is 0. The van der Waals surface area contributed by atoms with Crippen molar-refractivity contribution in [3.05, 3.63) is 24.0 Å². The third kappa shape index (κ3) is 3.51. The van der Waals surface area contributed by atoms with E-state index in [1.54, 1.807) is 0 Å². The Bertz CT molecular complexity index is 304. The van der Waals surface area contributed by atoms with E-state index in [0.29, 0.717) is 6.20 Å². The van der Waals surface area contributed by atoms with Crippen LogP contribution in [-0.4, -0.2) is 18.2 Å². The number of hydrogen-bond donors (Lipinski definition) is 0. The van der Waals surface area contributed by atoms with Crippen molar-refractivity contribution in [2.75, 3.05) is 0 Å². The van der Waals surface area contributed by atoms with Gasteiger partial charge in [-0.25, -0.2) is 0 Å². The van der Waals surface area contributed by atoms with E-state index in [0.717, 1.165) is 12.3 Å². The van der Waals surface area contributed by atoms with Crippen LogP contribution in [0.15, 0.2) is 18.5 Å². The van der Waals surface area contributed by atoms with Crippen LogP contribution in [0.5, 0.6) is 0 Å². The van der Waals surface area contributed by atoms with Crippen LogP contribution in [0.1, 0.15) is 10.4 Å². The van der Waals surface area contributed by atoms with Gasteiger partial charge in [-0.3, -0.25) is 9.78 Å². The van der Waals surface area contributed by atoms with Gasteiger partial charge in [-0.05, 0) is 11.6 Å². The summed E-state index contributed by atoms with van der Waals surface area (Å²) in [4.78, 5) is 13.5. The zero-order valence-corrected chi connectivity index (χ0v) is 10.00. The number of halogens is 3. The maximum atomic E-state index is 12.1. The summed E-state index contributed by atoms with van der Waals surface area (Å²) in [5.41, 5.74) is -1.30. The molecular weight excluding hydrogens is 209 g/mol. The molecule has 0 atom stereocenters. The predicted octanol–water partition coefficient (Wildman–Crippen LogP) is -2.05. The number of aldehydes is 1. The molecule has 0 bridgehead atoms. The minimum Gasteiger partial charge on any atom is -0.445 e. The van der Waals surface area contributed by atoms with Crippen molar-refractivity contribution in [3.8, 4) is 0 Å². The third-order valence-corrected chi connectivity index (χ3v) is 1.37. The first kappa shape index (κ1) is 13.3. The summed E-state index contributed by atoms with van der Waals surface area (Å²) in [5, 5.41) is 0. The summed E-state index contributed by atoms with van der Waals surface area (Å²) in [7, 11) is 0. The van der Waals surface area contributed by atoms with Gasteiger partial charge in [0.05, 0.1) is 0 Å². The molecule has 0 amide bonds. The molecular formula is C6H4BF3KNO. The molecule has 0 saturated carbocycles. The molecule has 0 N–H and O–H groups in total. The second-order valence-corrected chi connectivity index (χ2v) is 2.20. The van der Waals surface area contributed by atoms with Gasteiger partial charge >= 0.3 is 58.4 Å². The number of hydrogen-bond acceptors (Lipinski definition) is 2. The molecule has 64 valence electrons. The molecule has 0 aromatic carbocycles. The second-order valence-electron chi connectivity index (χ2n) is 2.20.